The summed E-state index contributed by atoms with van der Waals surface area (Å²) in [5, 5.41) is 8.72. The molecule has 0 radical (unpaired) electrons. The number of rotatable bonds is 1. The molecule has 0 saturated carbocycles. The van der Waals surface area contributed by atoms with Crippen molar-refractivity contribution < 1.29 is 9.53 Å². The first-order valence-electron chi connectivity index (χ1n) is 5.80. The molecule has 90 valence electrons. The van der Waals surface area contributed by atoms with E-state index in [0.29, 0.717) is 13.0 Å². The summed E-state index contributed by atoms with van der Waals surface area (Å²) in [5.41, 5.74) is -0.467. The molecule has 1 aliphatic rings. The maximum Gasteiger partial charge on any atom is 0.410 e. The molecule has 0 spiro atoms. The van der Waals surface area contributed by atoms with Crippen LogP contribution in [0.2, 0.25) is 0 Å². The first kappa shape index (κ1) is 12.8. The summed E-state index contributed by atoms with van der Waals surface area (Å²) in [6, 6.07) is 2.17. The molecule has 0 aromatic heterocycles. The van der Waals surface area contributed by atoms with E-state index >= 15 is 0 Å². The van der Waals surface area contributed by atoms with Crippen molar-refractivity contribution in [1.82, 2.24) is 4.90 Å². The van der Waals surface area contributed by atoms with E-state index in [1.807, 2.05) is 20.8 Å². The van der Waals surface area contributed by atoms with Gasteiger partial charge in [0.1, 0.15) is 5.60 Å². The number of ether oxygens (including phenoxy) is 1. The van der Waals surface area contributed by atoms with Crippen LogP contribution < -0.4 is 0 Å². The van der Waals surface area contributed by atoms with Gasteiger partial charge in [-0.15, -0.1) is 0 Å². The van der Waals surface area contributed by atoms with Crippen molar-refractivity contribution in [1.29, 1.82) is 5.26 Å². The Morgan fingerprint density at radius 1 is 1.50 bits per heavy atom. The number of piperidine rings is 1. The molecule has 1 fully saturated rings. The monoisotopic (exact) mass is 224 g/mol. The molecular formula is C12H20N2O2. The van der Waals surface area contributed by atoms with Gasteiger partial charge in [0.05, 0.1) is 12.5 Å². The highest BCUT2D eigenvalue weighted by Gasteiger charge is 2.29. The number of hydrogen-bond acceptors (Lipinski definition) is 3. The van der Waals surface area contributed by atoms with E-state index < -0.39 is 5.60 Å². The molecule has 1 heterocycles. The van der Waals surface area contributed by atoms with Gasteiger partial charge in [-0.1, -0.05) is 0 Å². The summed E-state index contributed by atoms with van der Waals surface area (Å²) in [4.78, 5) is 13.6. The third-order valence-electron chi connectivity index (χ3n) is 2.58. The number of nitriles is 1. The van der Waals surface area contributed by atoms with Crippen LogP contribution in [0.5, 0.6) is 0 Å². The largest absolute Gasteiger partial charge is 0.444 e. The first-order chi connectivity index (χ1) is 7.44. The Labute approximate surface area is 97.2 Å². The van der Waals surface area contributed by atoms with Crippen LogP contribution in [0.25, 0.3) is 0 Å². The number of hydrogen-bond donors (Lipinski definition) is 0. The fourth-order valence-corrected chi connectivity index (χ4v) is 1.88. The minimum Gasteiger partial charge on any atom is -0.444 e. The molecule has 1 atom stereocenters. The number of carbonyl (C=O) groups excluding carboxylic acids is 1. The Morgan fingerprint density at radius 3 is 2.75 bits per heavy atom. The molecule has 0 unspecified atom stereocenters. The second-order valence-corrected chi connectivity index (χ2v) is 5.19. The van der Waals surface area contributed by atoms with Gasteiger partial charge < -0.3 is 9.64 Å². The summed E-state index contributed by atoms with van der Waals surface area (Å²) in [7, 11) is 0. The fourth-order valence-electron chi connectivity index (χ4n) is 1.88. The molecule has 4 nitrogen and oxygen atoms in total. The molecule has 0 aromatic rings. The molecule has 0 aromatic carbocycles. The quantitative estimate of drug-likeness (QED) is 0.688. The third kappa shape index (κ3) is 3.73. The Morgan fingerprint density at radius 2 is 2.19 bits per heavy atom. The molecule has 0 bridgehead atoms. The van der Waals surface area contributed by atoms with Gasteiger partial charge in [-0.25, -0.2) is 4.79 Å². The van der Waals surface area contributed by atoms with Crippen LogP contribution >= 0.6 is 0 Å². The smallest absolute Gasteiger partial charge is 0.410 e. The standard InChI is InChI=1S/C12H20N2O2/c1-12(2,3)16-11(15)14-9-5-4-6-10(14)7-8-13/h10H,4-7,9H2,1-3H3/t10-/m0/s1. The van der Waals surface area contributed by atoms with Crippen molar-refractivity contribution >= 4 is 6.09 Å². The van der Waals surface area contributed by atoms with Crippen molar-refractivity contribution in [2.24, 2.45) is 0 Å². The topological polar surface area (TPSA) is 53.3 Å². The van der Waals surface area contributed by atoms with Crippen LogP contribution in [0.15, 0.2) is 0 Å². The number of amides is 1. The summed E-state index contributed by atoms with van der Waals surface area (Å²) in [5.74, 6) is 0. The highest BCUT2D eigenvalue weighted by Crippen LogP contribution is 2.21. The lowest BCUT2D eigenvalue weighted by atomic mass is 10.0. The predicted octanol–water partition coefficient (Wildman–Crippen LogP) is 2.69. The fraction of sp³-hybridized carbons (Fsp3) is 0.833. The third-order valence-corrected chi connectivity index (χ3v) is 2.58. The zero-order chi connectivity index (χ0) is 12.2. The minimum absolute atomic E-state index is 0.0357. The van der Waals surface area contributed by atoms with Gasteiger partial charge in [0.2, 0.25) is 0 Å². The lowest BCUT2D eigenvalue weighted by Gasteiger charge is -2.35. The Balaban J connectivity index is 2.61. The van der Waals surface area contributed by atoms with Crippen LogP contribution in [-0.4, -0.2) is 29.2 Å². The summed E-state index contributed by atoms with van der Waals surface area (Å²) >= 11 is 0. The van der Waals surface area contributed by atoms with Gasteiger partial charge >= 0.3 is 6.09 Å². The van der Waals surface area contributed by atoms with Crippen LogP contribution in [0, 0.1) is 11.3 Å². The predicted molar refractivity (Wildman–Crippen MR) is 60.8 cm³/mol. The van der Waals surface area contributed by atoms with E-state index in [0.717, 1.165) is 19.3 Å². The molecule has 1 amide bonds. The normalized spacial score (nSPS) is 21.4. The van der Waals surface area contributed by atoms with E-state index in [2.05, 4.69) is 6.07 Å². The average Bonchev–Trinajstić information content (AvgIpc) is 2.16. The molecule has 16 heavy (non-hydrogen) atoms. The van der Waals surface area contributed by atoms with Crippen molar-refractivity contribution in [3.63, 3.8) is 0 Å². The maximum absolute atomic E-state index is 11.9. The van der Waals surface area contributed by atoms with E-state index in [-0.39, 0.29) is 12.1 Å². The first-order valence-corrected chi connectivity index (χ1v) is 5.80. The number of likely N-dealkylation sites (tertiary alicyclic amines) is 1. The Hall–Kier alpha value is -1.24. The highest BCUT2D eigenvalue weighted by atomic mass is 16.6. The Bertz CT molecular complexity index is 288. The second-order valence-electron chi connectivity index (χ2n) is 5.19. The SMILES string of the molecule is CC(C)(C)OC(=O)N1CCCC[C@H]1CC#N. The van der Waals surface area contributed by atoms with Gasteiger partial charge in [-0.2, -0.15) is 5.26 Å². The Kier molecular flexibility index (Phi) is 4.17. The van der Waals surface area contributed by atoms with Crippen molar-refractivity contribution in [2.45, 2.75) is 58.1 Å². The van der Waals surface area contributed by atoms with Gasteiger partial charge in [0.15, 0.2) is 0 Å². The zero-order valence-corrected chi connectivity index (χ0v) is 10.3. The van der Waals surface area contributed by atoms with Crippen LogP contribution in [0.1, 0.15) is 46.5 Å². The highest BCUT2D eigenvalue weighted by molar-refractivity contribution is 5.68. The lowest BCUT2D eigenvalue weighted by Crippen LogP contribution is -2.45. The van der Waals surface area contributed by atoms with Crippen LogP contribution in [-0.2, 0) is 4.74 Å². The van der Waals surface area contributed by atoms with Gasteiger partial charge in [0, 0.05) is 12.6 Å². The lowest BCUT2D eigenvalue weighted by molar-refractivity contribution is 0.0104. The minimum atomic E-state index is -0.467. The van der Waals surface area contributed by atoms with Gasteiger partial charge in [-0.05, 0) is 40.0 Å². The van der Waals surface area contributed by atoms with Crippen LogP contribution in [0.3, 0.4) is 0 Å². The van der Waals surface area contributed by atoms with Gasteiger partial charge in [-0.3, -0.25) is 0 Å². The van der Waals surface area contributed by atoms with Crippen molar-refractivity contribution in [2.75, 3.05) is 6.54 Å². The summed E-state index contributed by atoms with van der Waals surface area (Å²) in [6.45, 7) is 6.28. The molecule has 0 N–H and O–H groups in total. The van der Waals surface area contributed by atoms with Crippen molar-refractivity contribution in [3.8, 4) is 6.07 Å². The van der Waals surface area contributed by atoms with Crippen molar-refractivity contribution in [3.05, 3.63) is 0 Å². The summed E-state index contributed by atoms with van der Waals surface area (Å²) in [6.07, 6.45) is 3.12. The molecule has 4 heteroatoms. The van der Waals surface area contributed by atoms with E-state index in [1.165, 1.54) is 0 Å². The van der Waals surface area contributed by atoms with E-state index in [4.69, 9.17) is 10.00 Å². The molecule has 1 saturated heterocycles. The number of nitrogens with zero attached hydrogens (tertiary/aromatic N) is 2. The second kappa shape index (κ2) is 5.20. The molecule has 1 rings (SSSR count). The van der Waals surface area contributed by atoms with Crippen LogP contribution in [0.4, 0.5) is 4.79 Å². The van der Waals surface area contributed by atoms with Gasteiger partial charge in [0.25, 0.3) is 0 Å². The number of carbonyl (C=O) groups is 1. The average molecular weight is 224 g/mol. The van der Waals surface area contributed by atoms with E-state index in [9.17, 15) is 4.79 Å². The maximum atomic E-state index is 11.9. The molecular weight excluding hydrogens is 204 g/mol. The van der Waals surface area contributed by atoms with E-state index in [1.54, 1.807) is 4.90 Å². The molecule has 1 aliphatic heterocycles. The summed E-state index contributed by atoms with van der Waals surface area (Å²) < 4.78 is 5.33. The molecule has 0 aliphatic carbocycles. The zero-order valence-electron chi connectivity index (χ0n) is 10.3.